The molecule has 0 aliphatic rings. The van der Waals surface area contributed by atoms with E-state index in [0.29, 0.717) is 10.7 Å². The highest BCUT2D eigenvalue weighted by atomic mass is 79.9. The molecular weight excluding hydrogens is 754 g/mol. The zero-order valence-electron chi connectivity index (χ0n) is 13.4. The number of rotatable bonds is 9. The van der Waals surface area contributed by atoms with Gasteiger partial charge >= 0.3 is 7.82 Å². The van der Waals surface area contributed by atoms with E-state index in [9.17, 15) is 14.4 Å². The van der Waals surface area contributed by atoms with E-state index in [-0.39, 0.29) is 5.88 Å². The summed E-state index contributed by atoms with van der Waals surface area (Å²) in [7, 11) is -4.89. The van der Waals surface area contributed by atoms with Crippen molar-refractivity contribution in [1.29, 1.82) is 0 Å². The first-order valence-electron chi connectivity index (χ1n) is 6.59. The molecule has 0 aromatic carbocycles. The number of phosphoric acid groups is 1. The molecular formula is C12H20Br6ClO4P. The molecule has 24 heavy (non-hydrogen) atoms. The van der Waals surface area contributed by atoms with Crippen LogP contribution in [0.4, 0.5) is 0 Å². The average molecular weight is 774 g/mol. The molecule has 2 N–H and O–H groups in total. The lowest BCUT2D eigenvalue weighted by Gasteiger charge is -2.58. The Bertz CT molecular complexity index is 466. The molecule has 12 heteroatoms. The van der Waals surface area contributed by atoms with E-state index in [0.717, 1.165) is 0 Å². The third-order valence-corrected chi connectivity index (χ3v) is 14.4. The standard InChI is InChI=1S/C12H20Br6ClO4P/c1-8(2,5-13)11(15,16)10(7-19,23-24(20,21)22)12(17,18)9(3,4)6-14/h5-7H2,1-4H3,(H2,20,21,22). The predicted octanol–water partition coefficient (Wildman–Crippen LogP) is 6.89. The van der Waals surface area contributed by atoms with Gasteiger partial charge in [-0.15, -0.1) is 11.6 Å². The SMILES string of the molecule is CC(C)(CBr)C(Br)(Br)C(CCl)(OP(=O)(O)O)C(Br)(Br)C(C)(C)CBr. The molecule has 0 spiro atoms. The Morgan fingerprint density at radius 3 is 1.38 bits per heavy atom. The van der Waals surface area contributed by atoms with E-state index >= 15 is 0 Å². The zero-order valence-corrected chi connectivity index (χ0v) is 24.6. The second kappa shape index (κ2) is 8.97. The number of halogens is 7. The minimum atomic E-state index is -4.89. The van der Waals surface area contributed by atoms with Crippen LogP contribution in [0.2, 0.25) is 0 Å². The summed E-state index contributed by atoms with van der Waals surface area (Å²) < 4.78 is 15.0. The Morgan fingerprint density at radius 1 is 0.917 bits per heavy atom. The van der Waals surface area contributed by atoms with Crippen molar-refractivity contribution in [2.24, 2.45) is 10.8 Å². The Labute approximate surface area is 199 Å². The second-order valence-corrected chi connectivity index (χ2v) is 16.2. The smallest absolute Gasteiger partial charge is 0.303 e. The third kappa shape index (κ3) is 5.06. The lowest BCUT2D eigenvalue weighted by molar-refractivity contribution is -0.00808. The molecule has 0 heterocycles. The second-order valence-electron chi connectivity index (χ2n) is 6.73. The van der Waals surface area contributed by atoms with Crippen LogP contribution < -0.4 is 0 Å². The van der Waals surface area contributed by atoms with Gasteiger partial charge in [-0.3, -0.25) is 4.52 Å². The van der Waals surface area contributed by atoms with Crippen LogP contribution >= 0.6 is 115 Å². The molecule has 0 radical (unpaired) electrons. The molecule has 0 aromatic heterocycles. The van der Waals surface area contributed by atoms with Crippen LogP contribution in [0.15, 0.2) is 0 Å². The monoisotopic (exact) mass is 768 g/mol. The highest BCUT2D eigenvalue weighted by molar-refractivity contribution is 9.26. The van der Waals surface area contributed by atoms with Crippen LogP contribution in [0.5, 0.6) is 0 Å². The molecule has 0 amide bonds. The molecule has 0 saturated heterocycles. The molecule has 0 fully saturated rings. The fourth-order valence-corrected chi connectivity index (χ4v) is 10.4. The zero-order chi connectivity index (χ0) is 19.8. The van der Waals surface area contributed by atoms with Gasteiger partial charge in [0.15, 0.2) is 0 Å². The highest BCUT2D eigenvalue weighted by Gasteiger charge is 2.71. The fourth-order valence-electron chi connectivity index (χ4n) is 1.97. The van der Waals surface area contributed by atoms with Crippen molar-refractivity contribution in [2.45, 2.75) is 39.8 Å². The number of hydrogen-bond donors (Lipinski definition) is 2. The third-order valence-electron chi connectivity index (χ3n) is 3.85. The van der Waals surface area contributed by atoms with Crippen LogP contribution in [-0.4, -0.2) is 38.4 Å². The Hall–Kier alpha value is 3.28. The van der Waals surface area contributed by atoms with Gasteiger partial charge in [0.2, 0.25) is 0 Å². The molecule has 0 rings (SSSR count). The Balaban J connectivity index is 6.80. The van der Waals surface area contributed by atoms with Crippen molar-refractivity contribution < 1.29 is 18.9 Å². The highest BCUT2D eigenvalue weighted by Crippen LogP contribution is 2.68. The lowest BCUT2D eigenvalue weighted by atomic mass is 9.74. The van der Waals surface area contributed by atoms with Crippen molar-refractivity contribution in [3.8, 4) is 0 Å². The van der Waals surface area contributed by atoms with Gasteiger partial charge in [0.05, 0.1) is 5.88 Å². The van der Waals surface area contributed by atoms with Crippen molar-refractivity contribution in [3.63, 3.8) is 0 Å². The first-order valence-corrected chi connectivity index (χ1v) is 14.1. The summed E-state index contributed by atoms with van der Waals surface area (Å²) in [5, 5.41) is 1.01. The van der Waals surface area contributed by atoms with E-state index in [4.69, 9.17) is 16.1 Å². The van der Waals surface area contributed by atoms with Gasteiger partial charge in [-0.2, -0.15) is 0 Å². The van der Waals surface area contributed by atoms with Gasteiger partial charge < -0.3 is 9.79 Å². The number of hydrogen-bond acceptors (Lipinski definition) is 2. The van der Waals surface area contributed by atoms with Crippen molar-refractivity contribution in [2.75, 3.05) is 16.5 Å². The summed E-state index contributed by atoms with van der Waals surface area (Å²) in [6, 6.07) is 0. The molecule has 0 aromatic rings. The minimum Gasteiger partial charge on any atom is -0.303 e. The summed E-state index contributed by atoms with van der Waals surface area (Å²) in [4.78, 5) is 19.2. The Kier molecular flexibility index (Phi) is 10.2. The van der Waals surface area contributed by atoms with Crippen molar-refractivity contribution >= 4 is 115 Å². The summed E-state index contributed by atoms with van der Waals surface area (Å²) in [5.74, 6) is -0.224. The van der Waals surface area contributed by atoms with Crippen LogP contribution in [0.3, 0.4) is 0 Å². The van der Waals surface area contributed by atoms with Gasteiger partial charge in [-0.25, -0.2) is 4.57 Å². The Morgan fingerprint density at radius 2 is 1.21 bits per heavy atom. The van der Waals surface area contributed by atoms with Crippen LogP contribution in [-0.2, 0) is 9.09 Å². The van der Waals surface area contributed by atoms with E-state index in [1.807, 2.05) is 27.7 Å². The largest absolute Gasteiger partial charge is 0.470 e. The number of phosphoric ester groups is 1. The summed E-state index contributed by atoms with van der Waals surface area (Å²) in [6.07, 6.45) is 0. The maximum Gasteiger partial charge on any atom is 0.470 e. The van der Waals surface area contributed by atoms with Gasteiger partial charge in [-0.1, -0.05) is 123 Å². The van der Waals surface area contributed by atoms with Crippen molar-refractivity contribution in [1.82, 2.24) is 0 Å². The topological polar surface area (TPSA) is 66.8 Å². The van der Waals surface area contributed by atoms with Crippen LogP contribution in [0.1, 0.15) is 27.7 Å². The maximum atomic E-state index is 11.8. The fraction of sp³-hybridized carbons (Fsp3) is 1.00. The van der Waals surface area contributed by atoms with Crippen LogP contribution in [0, 0.1) is 10.8 Å². The molecule has 0 unspecified atom stereocenters. The lowest BCUT2D eigenvalue weighted by Crippen LogP contribution is -2.69. The maximum absolute atomic E-state index is 11.8. The first-order chi connectivity index (χ1) is 10.4. The van der Waals surface area contributed by atoms with E-state index in [1.165, 1.54) is 0 Å². The van der Waals surface area contributed by atoms with E-state index in [1.54, 1.807) is 0 Å². The average Bonchev–Trinajstić information content (AvgIpc) is 2.42. The van der Waals surface area contributed by atoms with Crippen molar-refractivity contribution in [3.05, 3.63) is 0 Å². The van der Waals surface area contributed by atoms with Gasteiger partial charge in [-0.05, 0) is 0 Å². The predicted molar refractivity (Wildman–Crippen MR) is 123 cm³/mol. The molecule has 0 aliphatic heterocycles. The molecule has 0 bridgehead atoms. The summed E-state index contributed by atoms with van der Waals surface area (Å²) >= 11 is 27.7. The molecule has 0 atom stereocenters. The van der Waals surface area contributed by atoms with Gasteiger partial charge in [0, 0.05) is 21.5 Å². The normalized spacial score (nSPS) is 15.7. The molecule has 0 aliphatic carbocycles. The summed E-state index contributed by atoms with van der Waals surface area (Å²) in [5.41, 5.74) is -2.73. The minimum absolute atomic E-state index is 0.224. The van der Waals surface area contributed by atoms with Gasteiger partial charge in [0.1, 0.15) is 12.1 Å². The van der Waals surface area contributed by atoms with Crippen LogP contribution in [0.25, 0.3) is 0 Å². The van der Waals surface area contributed by atoms with E-state index in [2.05, 4.69) is 95.6 Å². The van der Waals surface area contributed by atoms with E-state index < -0.39 is 30.7 Å². The molecule has 0 saturated carbocycles. The summed E-state index contributed by atoms with van der Waals surface area (Å²) in [6.45, 7) is 7.64. The molecule has 146 valence electrons. The molecule has 4 nitrogen and oxygen atoms in total. The quantitative estimate of drug-likeness (QED) is 0.198. The number of alkyl halides is 7. The first kappa shape index (κ1) is 27.3. The van der Waals surface area contributed by atoms with Gasteiger partial charge in [0.25, 0.3) is 0 Å².